The lowest BCUT2D eigenvalue weighted by atomic mass is 10.0. The Labute approximate surface area is 95.9 Å². The summed E-state index contributed by atoms with van der Waals surface area (Å²) in [7, 11) is 0. The number of aromatic nitrogens is 2. The monoisotopic (exact) mass is 215 g/mol. The van der Waals surface area contributed by atoms with Crippen LogP contribution >= 0.6 is 0 Å². The van der Waals surface area contributed by atoms with Gasteiger partial charge < -0.3 is 5.73 Å². The number of aryl methyl sites for hydroxylation is 1. The Kier molecular flexibility index (Phi) is 3.37. The largest absolute Gasteiger partial charge is 0.326 e. The molecule has 2 aromatic rings. The Morgan fingerprint density at radius 2 is 2.06 bits per heavy atom. The number of hydrogen-bond acceptors (Lipinski definition) is 2. The number of benzene rings is 1. The molecule has 1 aromatic heterocycles. The summed E-state index contributed by atoms with van der Waals surface area (Å²) in [4.78, 5) is 0. The van der Waals surface area contributed by atoms with Crippen LogP contribution in [0.5, 0.6) is 0 Å². The molecule has 0 amide bonds. The molecule has 0 spiro atoms. The molecular weight excluding hydrogens is 198 g/mol. The average molecular weight is 215 g/mol. The molecule has 16 heavy (non-hydrogen) atoms. The van der Waals surface area contributed by atoms with Crippen LogP contribution in [0.25, 0.3) is 11.3 Å². The second kappa shape index (κ2) is 4.94. The van der Waals surface area contributed by atoms with Crippen LogP contribution in [0.2, 0.25) is 0 Å². The van der Waals surface area contributed by atoms with Crippen LogP contribution in [-0.2, 0) is 13.1 Å². The molecule has 0 unspecified atom stereocenters. The molecule has 1 aromatic carbocycles. The molecule has 0 saturated carbocycles. The van der Waals surface area contributed by atoms with Gasteiger partial charge in [-0.25, -0.2) is 0 Å². The summed E-state index contributed by atoms with van der Waals surface area (Å²) in [5.41, 5.74) is 9.26. The van der Waals surface area contributed by atoms with Crippen molar-refractivity contribution in [1.29, 1.82) is 0 Å². The molecule has 0 bridgehead atoms. The smallest absolute Gasteiger partial charge is 0.0685 e. The molecule has 0 aliphatic heterocycles. The molecule has 0 saturated heterocycles. The molecule has 3 nitrogen and oxygen atoms in total. The van der Waals surface area contributed by atoms with E-state index in [1.54, 1.807) is 0 Å². The van der Waals surface area contributed by atoms with E-state index in [1.165, 1.54) is 11.1 Å². The van der Waals surface area contributed by atoms with Gasteiger partial charge in [0.1, 0.15) is 0 Å². The van der Waals surface area contributed by atoms with Gasteiger partial charge in [-0.2, -0.15) is 5.10 Å². The van der Waals surface area contributed by atoms with Crippen molar-refractivity contribution in [3.05, 3.63) is 42.1 Å². The first-order valence-electron chi connectivity index (χ1n) is 5.67. The van der Waals surface area contributed by atoms with Gasteiger partial charge in [0.05, 0.1) is 5.69 Å². The highest BCUT2D eigenvalue weighted by atomic mass is 15.3. The summed E-state index contributed by atoms with van der Waals surface area (Å²) in [5.74, 6) is 0. The summed E-state index contributed by atoms with van der Waals surface area (Å²) >= 11 is 0. The summed E-state index contributed by atoms with van der Waals surface area (Å²) < 4.78 is 2.04. The van der Waals surface area contributed by atoms with E-state index in [9.17, 15) is 0 Å². The summed E-state index contributed by atoms with van der Waals surface area (Å²) in [6.07, 6.45) is 2.93. The Hall–Kier alpha value is -1.61. The molecule has 3 heteroatoms. The summed E-state index contributed by atoms with van der Waals surface area (Å²) in [6.45, 7) is 3.66. The highest BCUT2D eigenvalue weighted by Gasteiger charge is 2.07. The third-order valence-electron chi connectivity index (χ3n) is 2.67. The first-order chi connectivity index (χ1) is 7.86. The molecule has 0 fully saturated rings. The zero-order valence-electron chi connectivity index (χ0n) is 9.56. The molecule has 2 N–H and O–H groups in total. The van der Waals surface area contributed by atoms with E-state index in [1.807, 2.05) is 29.1 Å². The maximum atomic E-state index is 5.75. The topological polar surface area (TPSA) is 43.8 Å². The zero-order valence-corrected chi connectivity index (χ0v) is 9.56. The van der Waals surface area contributed by atoms with Crippen molar-refractivity contribution in [3.63, 3.8) is 0 Å². The van der Waals surface area contributed by atoms with Gasteiger partial charge in [0.15, 0.2) is 0 Å². The van der Waals surface area contributed by atoms with Crippen molar-refractivity contribution in [3.8, 4) is 11.3 Å². The second-order valence-electron chi connectivity index (χ2n) is 3.80. The van der Waals surface area contributed by atoms with Crippen molar-refractivity contribution < 1.29 is 0 Å². The highest BCUT2D eigenvalue weighted by molar-refractivity contribution is 5.63. The minimum absolute atomic E-state index is 0.563. The number of nitrogens with zero attached hydrogens (tertiary/aromatic N) is 2. The predicted molar refractivity (Wildman–Crippen MR) is 65.8 cm³/mol. The number of hydrogen-bond donors (Lipinski definition) is 1. The summed E-state index contributed by atoms with van der Waals surface area (Å²) in [5, 5.41) is 4.33. The van der Waals surface area contributed by atoms with Gasteiger partial charge in [-0.05, 0) is 18.1 Å². The average Bonchev–Trinajstić information content (AvgIpc) is 2.77. The van der Waals surface area contributed by atoms with E-state index in [-0.39, 0.29) is 0 Å². The van der Waals surface area contributed by atoms with E-state index in [4.69, 9.17) is 5.73 Å². The Morgan fingerprint density at radius 1 is 1.25 bits per heavy atom. The first-order valence-corrected chi connectivity index (χ1v) is 5.67. The zero-order chi connectivity index (χ0) is 11.4. The van der Waals surface area contributed by atoms with Crippen LogP contribution in [0.3, 0.4) is 0 Å². The maximum Gasteiger partial charge on any atom is 0.0685 e. The molecule has 0 atom stereocenters. The van der Waals surface area contributed by atoms with Gasteiger partial charge in [-0.15, -0.1) is 0 Å². The highest BCUT2D eigenvalue weighted by Crippen LogP contribution is 2.23. The Bertz CT molecular complexity index is 460. The van der Waals surface area contributed by atoms with Gasteiger partial charge in [-0.1, -0.05) is 31.2 Å². The molecular formula is C13H17N3. The van der Waals surface area contributed by atoms with Gasteiger partial charge in [0.2, 0.25) is 0 Å². The fourth-order valence-corrected chi connectivity index (χ4v) is 1.90. The van der Waals surface area contributed by atoms with E-state index in [2.05, 4.69) is 24.2 Å². The Morgan fingerprint density at radius 3 is 2.81 bits per heavy atom. The predicted octanol–water partition coefficient (Wildman–Crippen LogP) is 2.42. The van der Waals surface area contributed by atoms with Crippen LogP contribution in [-0.4, -0.2) is 9.78 Å². The van der Waals surface area contributed by atoms with Crippen LogP contribution in [0.15, 0.2) is 36.5 Å². The van der Waals surface area contributed by atoms with Gasteiger partial charge >= 0.3 is 0 Å². The molecule has 0 aliphatic rings. The van der Waals surface area contributed by atoms with Crippen molar-refractivity contribution in [2.45, 2.75) is 26.4 Å². The third-order valence-corrected chi connectivity index (χ3v) is 2.67. The molecule has 0 radical (unpaired) electrons. The minimum atomic E-state index is 0.563. The molecule has 2 rings (SSSR count). The van der Waals surface area contributed by atoms with Crippen molar-refractivity contribution >= 4 is 0 Å². The molecule has 0 aliphatic carbocycles. The van der Waals surface area contributed by atoms with E-state index >= 15 is 0 Å². The quantitative estimate of drug-likeness (QED) is 0.851. The SMILES string of the molecule is CCCn1nccc1-c1ccccc1CN. The van der Waals surface area contributed by atoms with E-state index in [0.29, 0.717) is 6.54 Å². The number of rotatable bonds is 4. The van der Waals surface area contributed by atoms with Crippen LogP contribution in [0.1, 0.15) is 18.9 Å². The van der Waals surface area contributed by atoms with Gasteiger partial charge in [-0.3, -0.25) is 4.68 Å². The third kappa shape index (κ3) is 1.99. The Balaban J connectivity index is 2.45. The van der Waals surface area contributed by atoms with E-state index < -0.39 is 0 Å². The number of nitrogens with two attached hydrogens (primary N) is 1. The van der Waals surface area contributed by atoms with Crippen LogP contribution in [0.4, 0.5) is 0 Å². The van der Waals surface area contributed by atoms with Crippen molar-refractivity contribution in [2.75, 3.05) is 0 Å². The molecule has 1 heterocycles. The lowest BCUT2D eigenvalue weighted by molar-refractivity contribution is 0.608. The second-order valence-corrected chi connectivity index (χ2v) is 3.80. The fraction of sp³-hybridized carbons (Fsp3) is 0.308. The van der Waals surface area contributed by atoms with Crippen LogP contribution in [0, 0.1) is 0 Å². The van der Waals surface area contributed by atoms with Crippen LogP contribution < -0.4 is 5.73 Å². The fourth-order valence-electron chi connectivity index (χ4n) is 1.90. The van der Waals surface area contributed by atoms with Gasteiger partial charge in [0, 0.05) is 24.8 Å². The minimum Gasteiger partial charge on any atom is -0.326 e. The van der Waals surface area contributed by atoms with Gasteiger partial charge in [0.25, 0.3) is 0 Å². The lowest BCUT2D eigenvalue weighted by Crippen LogP contribution is -2.04. The van der Waals surface area contributed by atoms with Crippen molar-refractivity contribution in [2.24, 2.45) is 5.73 Å². The lowest BCUT2D eigenvalue weighted by Gasteiger charge is -2.09. The normalized spacial score (nSPS) is 10.6. The first kappa shape index (κ1) is 10.9. The maximum absolute atomic E-state index is 5.75. The van der Waals surface area contributed by atoms with Crippen molar-refractivity contribution in [1.82, 2.24) is 9.78 Å². The standard InChI is InChI=1S/C13H17N3/c1-2-9-16-13(7-8-15-16)12-6-4-3-5-11(12)10-14/h3-8H,2,9-10,14H2,1H3. The molecule has 84 valence electrons. The van der Waals surface area contributed by atoms with E-state index in [0.717, 1.165) is 18.7 Å². The summed E-state index contributed by atoms with van der Waals surface area (Å²) in [6, 6.07) is 10.3.